The molecule has 0 spiro atoms. The Hall–Kier alpha value is -8.93. The Balaban J connectivity index is -0.000000300. The van der Waals surface area contributed by atoms with E-state index in [2.05, 4.69) is 218 Å². The first-order chi connectivity index (χ1) is 50.7. The van der Waals surface area contributed by atoms with Gasteiger partial charge in [0.2, 0.25) is 65.0 Å². The molecule has 0 aromatic heterocycles. The molecule has 110 heavy (non-hydrogen) atoms. The van der Waals surface area contributed by atoms with Crippen LogP contribution in [-0.4, -0.2) is 222 Å². The molecule has 0 heterocycles. The van der Waals surface area contributed by atoms with Crippen LogP contribution in [0.3, 0.4) is 0 Å². The van der Waals surface area contributed by atoms with Crippen LogP contribution < -0.4 is 85.1 Å². The van der Waals surface area contributed by atoms with Gasteiger partial charge in [-0.3, -0.25) is 57.6 Å². The highest BCUT2D eigenvalue weighted by molar-refractivity contribution is 5.97. The largest absolute Gasteiger partial charge is 0.352 e. The predicted molar refractivity (Wildman–Crippen MR) is 453 cm³/mol. The highest BCUT2D eigenvalue weighted by Gasteiger charge is 2.34. The fraction of sp³-hybridized carbons (Fsp3) is 0.598. The molecule has 628 valence electrons. The van der Waals surface area contributed by atoms with Gasteiger partial charge in [-0.15, -0.1) is 0 Å². The van der Waals surface area contributed by atoms with Crippen molar-refractivity contribution >= 4 is 65.0 Å². The number of hydrogen-bond donors (Lipinski definition) is 16. The monoisotopic (exact) mass is 1550 g/mol. The minimum absolute atomic E-state index is 0.0513. The van der Waals surface area contributed by atoms with E-state index in [-0.39, 0.29) is 96.1 Å². The van der Waals surface area contributed by atoms with Crippen molar-refractivity contribution in [3.05, 3.63) is 134 Å². The summed E-state index contributed by atoms with van der Waals surface area (Å²) in [5, 5.41) is 46.9. The lowest BCUT2D eigenvalue weighted by Gasteiger charge is -2.36. The third kappa shape index (κ3) is 68.3. The first kappa shape index (κ1) is 112. The van der Waals surface area contributed by atoms with E-state index in [4.69, 9.17) is 0 Å². The predicted octanol–water partition coefficient (Wildman–Crippen LogP) is 5.35. The van der Waals surface area contributed by atoms with Crippen molar-refractivity contribution in [2.75, 3.05) is 105 Å². The smallest absolute Gasteiger partial charge is 0.246 e. The Bertz CT molecular complexity index is 2940. The standard InChI is InChI=1S/C19H32N4O3.2C15H27N3O2.C14H25N3O2.C10H20N2O.C9H18N2O/c1-12(2)16(24)21-10-19(9-20-15(7)8,23-18(26)14(5)6)11-22-17(25)13(3)4;1-10(2)14(19)17-8-13(7-16-12(5)6)9-18-15(20)11(3)4;1-11(2)14(19)16-7-9-18(13(5)6)10-8-17-15(20)12(3)4;1-9(2)13(18)16-8-12(7-15-11(5)6)17-14(19)10(3)4;1-8(2)10(13)12-7-5-6-11-9(3)4;1-7(2)9(12)11-6-5-10-8(3)4/h15,20H,1,3,5,9-11H2,2,4,6-8H3,(H,21,24)(H,22,25)(H,23,26);12-13,16H,1,3,7-9H2,2,4-6H3,(H,17,19)(H,18,20);13H,1,3,7-10H2,2,4-6H3,(H,16,19)(H,17,20);11-12,15H,1,3,7-8H2,2,4-6H3,(H,16,18)(H,17,19);9,11H,1,5-7H2,2-4H3,(H,12,13);8,10H,1,5-6H2,2-4H3,(H,11,12). The zero-order chi connectivity index (χ0) is 86.7. The third-order valence-electron chi connectivity index (χ3n) is 14.5. The van der Waals surface area contributed by atoms with Gasteiger partial charge in [0.05, 0.1) is 11.6 Å². The highest BCUT2D eigenvalue weighted by Crippen LogP contribution is 2.08. The van der Waals surface area contributed by atoms with Crippen molar-refractivity contribution in [2.24, 2.45) is 5.92 Å². The van der Waals surface area contributed by atoms with Gasteiger partial charge in [-0.05, 0) is 103 Å². The average molecular weight is 1550 g/mol. The molecule has 28 nitrogen and oxygen atoms in total. The molecule has 0 aromatic carbocycles. The van der Waals surface area contributed by atoms with Crippen LogP contribution in [0.1, 0.15) is 166 Å². The fourth-order valence-corrected chi connectivity index (χ4v) is 7.57. The summed E-state index contributed by atoms with van der Waals surface area (Å²) in [6.45, 7) is 91.1. The summed E-state index contributed by atoms with van der Waals surface area (Å²) in [7, 11) is 0. The van der Waals surface area contributed by atoms with Crippen LogP contribution in [0.5, 0.6) is 0 Å². The Morgan fingerprint density at radius 1 is 0.273 bits per heavy atom. The van der Waals surface area contributed by atoms with E-state index < -0.39 is 5.54 Å². The van der Waals surface area contributed by atoms with Crippen LogP contribution in [0.2, 0.25) is 0 Å². The molecule has 0 saturated carbocycles. The van der Waals surface area contributed by atoms with E-state index in [1.807, 2.05) is 27.7 Å². The number of amides is 11. The molecule has 0 aliphatic rings. The van der Waals surface area contributed by atoms with Crippen molar-refractivity contribution in [1.82, 2.24) is 90.0 Å². The maximum absolute atomic E-state index is 12.3. The molecule has 0 aliphatic heterocycles. The summed E-state index contributed by atoms with van der Waals surface area (Å²) in [6.07, 6.45) is 0.956. The molecule has 0 fully saturated rings. The normalized spacial score (nSPS) is 10.7. The quantitative estimate of drug-likeness (QED) is 0.0270. The molecule has 0 radical (unpaired) electrons. The van der Waals surface area contributed by atoms with E-state index in [0.29, 0.717) is 157 Å². The van der Waals surface area contributed by atoms with Gasteiger partial charge in [-0.1, -0.05) is 142 Å². The summed E-state index contributed by atoms with van der Waals surface area (Å²) in [6, 6.07) is 1.94. The summed E-state index contributed by atoms with van der Waals surface area (Å²) in [4.78, 5) is 129. The Labute approximate surface area is 662 Å². The highest BCUT2D eigenvalue weighted by atomic mass is 16.2. The average Bonchev–Trinajstić information content (AvgIpc) is 0.839. The molecule has 16 N–H and O–H groups in total. The number of hydrogen-bond acceptors (Lipinski definition) is 17. The van der Waals surface area contributed by atoms with Gasteiger partial charge in [0.15, 0.2) is 0 Å². The van der Waals surface area contributed by atoms with Gasteiger partial charge in [-0.2, -0.15) is 0 Å². The number of rotatable bonds is 48. The van der Waals surface area contributed by atoms with Crippen molar-refractivity contribution in [2.45, 2.75) is 213 Å². The fourth-order valence-electron chi connectivity index (χ4n) is 7.57. The summed E-state index contributed by atoms with van der Waals surface area (Å²) < 4.78 is 0. The Kier molecular flexibility index (Phi) is 66.0. The lowest BCUT2D eigenvalue weighted by molar-refractivity contribution is -0.122. The molecular weight excluding hydrogens is 1400 g/mol. The second kappa shape index (κ2) is 64.8. The molecule has 0 aliphatic carbocycles. The first-order valence-corrected chi connectivity index (χ1v) is 37.5. The molecular formula is C82H149N17O11. The first-order valence-electron chi connectivity index (χ1n) is 37.5. The van der Waals surface area contributed by atoms with Gasteiger partial charge < -0.3 is 85.1 Å². The molecule has 0 aromatic rings. The van der Waals surface area contributed by atoms with Gasteiger partial charge in [-0.25, -0.2) is 0 Å². The summed E-state index contributed by atoms with van der Waals surface area (Å²) in [5.41, 5.74) is 4.08. The molecule has 1 atom stereocenters. The Morgan fingerprint density at radius 3 is 0.873 bits per heavy atom. The maximum Gasteiger partial charge on any atom is 0.246 e. The summed E-state index contributed by atoms with van der Waals surface area (Å²) in [5.74, 6) is -1.99. The third-order valence-corrected chi connectivity index (χ3v) is 14.5. The van der Waals surface area contributed by atoms with Gasteiger partial charge in [0.1, 0.15) is 0 Å². The van der Waals surface area contributed by atoms with Crippen molar-refractivity contribution in [3.63, 3.8) is 0 Å². The Morgan fingerprint density at radius 2 is 0.555 bits per heavy atom. The van der Waals surface area contributed by atoms with E-state index in [9.17, 15) is 52.7 Å². The molecule has 0 rings (SSSR count). The molecule has 11 amide bonds. The van der Waals surface area contributed by atoms with Crippen LogP contribution >= 0.6 is 0 Å². The number of carbonyl (C=O) groups is 11. The number of carbonyl (C=O) groups excluding carboxylic acids is 11. The SMILES string of the molecule is C=C(C)C(=O)NCC(CNC(=O)C(=C)C)(CNC(C)C)NC(=O)C(=C)C.C=C(C)C(=O)NCC(CNC(=O)C(=C)C)CNC(C)C.C=C(C)C(=O)NCC(CNC(C)C)NC(=O)C(=C)C.C=C(C)C(=O)NCCCNC(C)C.C=C(C)C(=O)NCCN(CCNC(=O)C(=C)C)C(C)C.C=C(C)C(=O)NCCNC(C)C. The second-order valence-electron chi connectivity index (χ2n) is 29.2. The minimum atomic E-state index is -0.948. The van der Waals surface area contributed by atoms with Crippen molar-refractivity contribution < 1.29 is 52.7 Å². The minimum Gasteiger partial charge on any atom is -0.352 e. The van der Waals surface area contributed by atoms with Gasteiger partial charge >= 0.3 is 0 Å². The maximum atomic E-state index is 12.3. The van der Waals surface area contributed by atoms with Crippen LogP contribution in [0.25, 0.3) is 0 Å². The zero-order valence-electron chi connectivity index (χ0n) is 71.9. The second-order valence-corrected chi connectivity index (χ2v) is 29.2. The van der Waals surface area contributed by atoms with Gasteiger partial charge in [0, 0.05) is 202 Å². The van der Waals surface area contributed by atoms with E-state index in [0.717, 1.165) is 32.6 Å². The lowest BCUT2D eigenvalue weighted by atomic mass is 9.97. The topological polar surface area (TPSA) is 383 Å². The van der Waals surface area contributed by atoms with Crippen LogP contribution in [0, 0.1) is 5.92 Å². The van der Waals surface area contributed by atoms with Gasteiger partial charge in [0.25, 0.3) is 0 Å². The van der Waals surface area contributed by atoms with E-state index in [1.54, 1.807) is 76.2 Å². The summed E-state index contributed by atoms with van der Waals surface area (Å²) >= 11 is 0. The van der Waals surface area contributed by atoms with Crippen molar-refractivity contribution in [3.8, 4) is 0 Å². The zero-order valence-corrected chi connectivity index (χ0v) is 71.9. The van der Waals surface area contributed by atoms with E-state index in [1.165, 1.54) is 0 Å². The lowest BCUT2D eigenvalue weighted by Crippen LogP contribution is -2.66. The number of nitrogens with one attached hydrogen (secondary N) is 16. The number of nitrogens with zero attached hydrogens (tertiary/aromatic N) is 1. The van der Waals surface area contributed by atoms with Crippen LogP contribution in [0.15, 0.2) is 134 Å². The van der Waals surface area contributed by atoms with Crippen molar-refractivity contribution in [1.29, 1.82) is 0 Å². The molecule has 0 bridgehead atoms. The van der Waals surface area contributed by atoms with Crippen LogP contribution in [-0.2, 0) is 52.7 Å². The van der Waals surface area contributed by atoms with Crippen LogP contribution in [0.4, 0.5) is 0 Å². The molecule has 0 saturated heterocycles. The molecule has 28 heteroatoms. The van der Waals surface area contributed by atoms with E-state index >= 15 is 0 Å². The molecule has 1 unspecified atom stereocenters.